The Hall–Kier alpha value is -2.05. The third-order valence-corrected chi connectivity index (χ3v) is 2.49. The molecule has 1 aromatic carbocycles. The van der Waals surface area contributed by atoms with E-state index in [2.05, 4.69) is 0 Å². The molecule has 0 saturated heterocycles. The highest BCUT2D eigenvalue weighted by Crippen LogP contribution is 2.21. The molecule has 0 spiro atoms. The first-order chi connectivity index (χ1) is 9.92. The largest absolute Gasteiger partial charge is 0.501 e. The summed E-state index contributed by atoms with van der Waals surface area (Å²) in [4.78, 5) is 11.6. The number of rotatable bonds is 6. The molecule has 0 fully saturated rings. The number of benzene rings is 1. The fourth-order valence-corrected chi connectivity index (χ4v) is 1.53. The van der Waals surface area contributed by atoms with Crippen molar-refractivity contribution in [3.8, 4) is 0 Å². The second kappa shape index (κ2) is 7.66. The van der Waals surface area contributed by atoms with Crippen molar-refractivity contribution in [2.75, 3.05) is 13.2 Å². The molecule has 0 aromatic heterocycles. The maximum Gasteiger partial charge on any atom is 0.337 e. The molecule has 0 bridgehead atoms. The van der Waals surface area contributed by atoms with Crippen molar-refractivity contribution in [1.82, 2.24) is 0 Å². The number of hydrogen-bond acceptors (Lipinski definition) is 3. The van der Waals surface area contributed by atoms with Crippen LogP contribution in [0.2, 0.25) is 0 Å². The second-order valence-electron chi connectivity index (χ2n) is 3.96. The van der Waals surface area contributed by atoms with Gasteiger partial charge in [0.25, 0.3) is 0 Å². The molecule has 0 unspecified atom stereocenters. The predicted molar refractivity (Wildman–Crippen MR) is 66.3 cm³/mol. The molecular formula is C14H14F4O3. The molecule has 0 aliphatic carbocycles. The van der Waals surface area contributed by atoms with Crippen molar-refractivity contribution >= 4 is 5.97 Å². The molecule has 0 aliphatic heterocycles. The summed E-state index contributed by atoms with van der Waals surface area (Å²) >= 11 is 0. The molecule has 0 aliphatic rings. The van der Waals surface area contributed by atoms with Crippen LogP contribution >= 0.6 is 0 Å². The summed E-state index contributed by atoms with van der Waals surface area (Å²) in [6.07, 6.45) is 0.537. The number of ether oxygens (including phenoxy) is 2. The van der Waals surface area contributed by atoms with Crippen LogP contribution in [0.4, 0.5) is 17.6 Å². The van der Waals surface area contributed by atoms with Gasteiger partial charge in [0.15, 0.2) is 23.3 Å². The van der Waals surface area contributed by atoms with E-state index in [1.807, 2.05) is 0 Å². The van der Waals surface area contributed by atoms with E-state index in [4.69, 9.17) is 9.47 Å². The van der Waals surface area contributed by atoms with Crippen LogP contribution in [0.25, 0.3) is 0 Å². The molecule has 0 saturated carbocycles. The van der Waals surface area contributed by atoms with E-state index in [0.717, 1.165) is 6.26 Å². The summed E-state index contributed by atoms with van der Waals surface area (Å²) in [6, 6.07) is 0.493. The van der Waals surface area contributed by atoms with Gasteiger partial charge in [-0.1, -0.05) is 0 Å². The first-order valence-electron chi connectivity index (χ1n) is 6.21. The van der Waals surface area contributed by atoms with Crippen LogP contribution in [0.5, 0.6) is 0 Å². The Morgan fingerprint density at radius 2 is 1.76 bits per heavy atom. The van der Waals surface area contributed by atoms with Crippen molar-refractivity contribution in [3.05, 3.63) is 46.7 Å². The Balaban J connectivity index is 3.12. The van der Waals surface area contributed by atoms with E-state index >= 15 is 0 Å². The van der Waals surface area contributed by atoms with Gasteiger partial charge in [0.2, 0.25) is 0 Å². The summed E-state index contributed by atoms with van der Waals surface area (Å²) in [6.45, 7) is 3.51. The number of esters is 1. The highest BCUT2D eigenvalue weighted by molar-refractivity contribution is 5.88. The maximum absolute atomic E-state index is 13.6. The van der Waals surface area contributed by atoms with Gasteiger partial charge in [0.05, 0.1) is 25.0 Å². The van der Waals surface area contributed by atoms with E-state index in [-0.39, 0.29) is 18.8 Å². The van der Waals surface area contributed by atoms with Crippen LogP contribution in [0, 0.1) is 23.3 Å². The summed E-state index contributed by atoms with van der Waals surface area (Å²) in [5, 5.41) is 0. The van der Waals surface area contributed by atoms with Crippen LogP contribution in [-0.2, 0) is 20.7 Å². The fourth-order valence-electron chi connectivity index (χ4n) is 1.53. The van der Waals surface area contributed by atoms with Crippen molar-refractivity contribution in [3.63, 3.8) is 0 Å². The predicted octanol–water partition coefficient (Wildman–Crippen LogP) is 3.27. The Kier molecular flexibility index (Phi) is 6.20. The Bertz CT molecular complexity index is 556. The van der Waals surface area contributed by atoms with Crippen molar-refractivity contribution in [2.24, 2.45) is 0 Å². The molecular weight excluding hydrogens is 292 g/mol. The minimum atomic E-state index is -1.93. The number of halogens is 4. The average Bonchev–Trinajstić information content (AvgIpc) is 2.46. The smallest absolute Gasteiger partial charge is 0.337 e. The van der Waals surface area contributed by atoms with Crippen LogP contribution in [0.15, 0.2) is 17.9 Å². The second-order valence-corrected chi connectivity index (χ2v) is 3.96. The van der Waals surface area contributed by atoms with E-state index in [9.17, 15) is 22.4 Å². The Morgan fingerprint density at radius 1 is 1.10 bits per heavy atom. The molecule has 0 atom stereocenters. The van der Waals surface area contributed by atoms with E-state index < -0.39 is 41.2 Å². The number of carbonyl (C=O) groups excluding carboxylic acids is 1. The first kappa shape index (κ1) is 17.0. The fraction of sp³-hybridized carbons (Fsp3) is 0.357. The molecule has 0 N–H and O–H groups in total. The summed E-state index contributed by atoms with van der Waals surface area (Å²) in [5.74, 6) is -7.73. The zero-order valence-corrected chi connectivity index (χ0v) is 11.5. The SMILES string of the molecule is CCO/C=C(\Cc1cc(F)c(F)c(F)c1F)C(=O)OCC. The van der Waals surface area contributed by atoms with Crippen LogP contribution in [0.1, 0.15) is 19.4 Å². The third-order valence-electron chi connectivity index (χ3n) is 2.49. The Labute approximate surface area is 119 Å². The summed E-state index contributed by atoms with van der Waals surface area (Å²) in [7, 11) is 0. The van der Waals surface area contributed by atoms with Gasteiger partial charge >= 0.3 is 5.97 Å². The van der Waals surface area contributed by atoms with Crippen molar-refractivity contribution in [2.45, 2.75) is 20.3 Å². The minimum absolute atomic E-state index is 0.0664. The lowest BCUT2D eigenvalue weighted by atomic mass is 10.0. The normalized spacial score (nSPS) is 11.4. The lowest BCUT2D eigenvalue weighted by Gasteiger charge is -2.09. The molecule has 116 valence electrons. The monoisotopic (exact) mass is 306 g/mol. The van der Waals surface area contributed by atoms with Crippen LogP contribution < -0.4 is 0 Å². The van der Waals surface area contributed by atoms with Gasteiger partial charge in [-0.3, -0.25) is 0 Å². The topological polar surface area (TPSA) is 35.5 Å². The zero-order valence-electron chi connectivity index (χ0n) is 11.5. The summed E-state index contributed by atoms with van der Waals surface area (Å²) < 4.78 is 62.4. The van der Waals surface area contributed by atoms with E-state index in [1.165, 1.54) is 0 Å². The number of hydrogen-bond donors (Lipinski definition) is 0. The van der Waals surface area contributed by atoms with Gasteiger partial charge in [0, 0.05) is 6.42 Å². The molecule has 1 rings (SSSR count). The number of carbonyl (C=O) groups is 1. The zero-order chi connectivity index (χ0) is 16.0. The maximum atomic E-state index is 13.6. The highest BCUT2D eigenvalue weighted by Gasteiger charge is 2.22. The van der Waals surface area contributed by atoms with E-state index in [1.54, 1.807) is 13.8 Å². The highest BCUT2D eigenvalue weighted by atomic mass is 19.2. The lowest BCUT2D eigenvalue weighted by Crippen LogP contribution is -2.12. The molecule has 7 heteroatoms. The minimum Gasteiger partial charge on any atom is -0.501 e. The average molecular weight is 306 g/mol. The first-order valence-corrected chi connectivity index (χ1v) is 6.21. The van der Waals surface area contributed by atoms with Gasteiger partial charge in [-0.25, -0.2) is 22.4 Å². The molecule has 0 amide bonds. The molecule has 0 radical (unpaired) electrons. The summed E-state index contributed by atoms with van der Waals surface area (Å²) in [5.41, 5.74) is -0.645. The van der Waals surface area contributed by atoms with E-state index in [0.29, 0.717) is 6.07 Å². The van der Waals surface area contributed by atoms with Crippen LogP contribution in [0.3, 0.4) is 0 Å². The molecule has 21 heavy (non-hydrogen) atoms. The molecule has 3 nitrogen and oxygen atoms in total. The molecule has 0 heterocycles. The van der Waals surface area contributed by atoms with Gasteiger partial charge in [-0.05, 0) is 25.5 Å². The van der Waals surface area contributed by atoms with Crippen molar-refractivity contribution < 1.29 is 31.8 Å². The van der Waals surface area contributed by atoms with Crippen LogP contribution in [-0.4, -0.2) is 19.2 Å². The Morgan fingerprint density at radius 3 is 2.33 bits per heavy atom. The van der Waals surface area contributed by atoms with Gasteiger partial charge in [-0.2, -0.15) is 0 Å². The molecule has 1 aromatic rings. The standard InChI is InChI=1S/C14H14F4O3/c1-3-20-7-9(14(19)21-4-2)5-8-6-10(15)12(17)13(18)11(8)16/h6-7H,3-5H2,1-2H3/b9-7+. The third kappa shape index (κ3) is 4.21. The van der Waals surface area contributed by atoms with Crippen molar-refractivity contribution in [1.29, 1.82) is 0 Å². The van der Waals surface area contributed by atoms with Gasteiger partial charge in [-0.15, -0.1) is 0 Å². The van der Waals surface area contributed by atoms with Gasteiger partial charge < -0.3 is 9.47 Å². The van der Waals surface area contributed by atoms with Gasteiger partial charge in [0.1, 0.15) is 0 Å². The lowest BCUT2D eigenvalue weighted by molar-refractivity contribution is -0.138. The quantitative estimate of drug-likeness (QED) is 0.202.